The lowest BCUT2D eigenvalue weighted by atomic mass is 10.0. The van der Waals surface area contributed by atoms with Crippen molar-refractivity contribution in [2.75, 3.05) is 32.0 Å². The summed E-state index contributed by atoms with van der Waals surface area (Å²) in [5.41, 5.74) is 1.35. The first-order chi connectivity index (χ1) is 15.6. The zero-order valence-electron chi connectivity index (χ0n) is 19.5. The molecule has 2 heterocycles. The van der Waals surface area contributed by atoms with Crippen LogP contribution in [0, 0.1) is 6.92 Å². The number of furan rings is 1. The second-order valence-electron chi connectivity index (χ2n) is 8.64. The standard InChI is InChI=1S/C23H32N4O5S/c1-16(2)26(4)33(30,31)20-7-5-18(6-8-20)24-21(28)15-27-12-9-19(10-13-27)25-23(29)22-17(3)11-14-32-22/h5-8,11,14,16,19H,9-10,12-13,15H2,1-4H3,(H,24,28)(H,25,29). The number of nitrogens with one attached hydrogen (secondary N) is 2. The van der Waals surface area contributed by atoms with E-state index < -0.39 is 10.0 Å². The summed E-state index contributed by atoms with van der Waals surface area (Å²) in [7, 11) is -2.02. The van der Waals surface area contributed by atoms with Crippen molar-refractivity contribution in [2.24, 2.45) is 0 Å². The number of rotatable bonds is 8. The van der Waals surface area contributed by atoms with E-state index in [9.17, 15) is 18.0 Å². The maximum Gasteiger partial charge on any atom is 0.287 e. The number of carbonyl (C=O) groups is 2. The molecule has 3 rings (SSSR count). The summed E-state index contributed by atoms with van der Waals surface area (Å²) in [6.45, 7) is 7.05. The topological polar surface area (TPSA) is 112 Å². The van der Waals surface area contributed by atoms with E-state index in [1.807, 2.05) is 25.7 Å². The molecule has 0 bridgehead atoms. The van der Waals surface area contributed by atoms with E-state index in [0.29, 0.717) is 24.5 Å². The van der Waals surface area contributed by atoms with Crippen molar-refractivity contribution in [1.82, 2.24) is 14.5 Å². The molecule has 0 spiro atoms. The van der Waals surface area contributed by atoms with Gasteiger partial charge >= 0.3 is 0 Å². The van der Waals surface area contributed by atoms with Gasteiger partial charge in [-0.2, -0.15) is 4.31 Å². The molecule has 2 aromatic rings. The molecular formula is C23H32N4O5S. The van der Waals surface area contributed by atoms with E-state index in [0.717, 1.165) is 18.4 Å². The van der Waals surface area contributed by atoms with Crippen molar-refractivity contribution in [1.29, 1.82) is 0 Å². The molecule has 0 saturated carbocycles. The molecule has 1 aromatic carbocycles. The summed E-state index contributed by atoms with van der Waals surface area (Å²) < 4.78 is 31.6. The SMILES string of the molecule is Cc1ccoc1C(=O)NC1CCN(CC(=O)Nc2ccc(S(=O)(=O)N(C)C(C)C)cc2)CC1. The van der Waals surface area contributed by atoms with Gasteiger partial charge in [0.15, 0.2) is 5.76 Å². The lowest BCUT2D eigenvalue weighted by molar-refractivity contribution is -0.117. The predicted molar refractivity (Wildman–Crippen MR) is 126 cm³/mol. The Balaban J connectivity index is 1.46. The first-order valence-electron chi connectivity index (χ1n) is 11.0. The third-order valence-electron chi connectivity index (χ3n) is 5.90. The Morgan fingerprint density at radius 1 is 1.15 bits per heavy atom. The summed E-state index contributed by atoms with van der Waals surface area (Å²) >= 11 is 0. The van der Waals surface area contributed by atoms with Gasteiger partial charge in [0.2, 0.25) is 15.9 Å². The van der Waals surface area contributed by atoms with E-state index in [1.165, 1.54) is 22.7 Å². The molecule has 2 N–H and O–H groups in total. The average Bonchev–Trinajstić information content (AvgIpc) is 3.20. The third kappa shape index (κ3) is 6.21. The van der Waals surface area contributed by atoms with Crippen LogP contribution in [-0.2, 0) is 14.8 Å². The highest BCUT2D eigenvalue weighted by Gasteiger charge is 2.25. The summed E-state index contributed by atoms with van der Waals surface area (Å²) in [5, 5.41) is 5.81. The molecule has 1 aliphatic rings. The number of amides is 2. The van der Waals surface area contributed by atoms with Crippen LogP contribution >= 0.6 is 0 Å². The van der Waals surface area contributed by atoms with E-state index >= 15 is 0 Å². The number of nitrogens with zero attached hydrogens (tertiary/aromatic N) is 2. The largest absolute Gasteiger partial charge is 0.459 e. The fraction of sp³-hybridized carbons (Fsp3) is 0.478. The molecule has 0 unspecified atom stereocenters. The maximum absolute atomic E-state index is 12.5. The number of hydrogen-bond acceptors (Lipinski definition) is 6. The fourth-order valence-electron chi connectivity index (χ4n) is 3.65. The normalized spacial score (nSPS) is 15.7. The number of piperidine rings is 1. The van der Waals surface area contributed by atoms with Crippen molar-refractivity contribution < 1.29 is 22.4 Å². The molecular weight excluding hydrogens is 444 g/mol. The summed E-state index contributed by atoms with van der Waals surface area (Å²) in [6.07, 6.45) is 2.99. The molecule has 1 saturated heterocycles. The van der Waals surface area contributed by atoms with E-state index in [4.69, 9.17) is 4.42 Å². The number of aryl methyl sites for hydroxylation is 1. The molecule has 9 nitrogen and oxygen atoms in total. The summed E-state index contributed by atoms with van der Waals surface area (Å²) in [6, 6.07) is 7.83. The number of likely N-dealkylation sites (tertiary alicyclic amines) is 1. The van der Waals surface area contributed by atoms with Crippen molar-refractivity contribution in [3.8, 4) is 0 Å². The van der Waals surface area contributed by atoms with E-state index in [1.54, 1.807) is 25.2 Å². The number of hydrogen-bond donors (Lipinski definition) is 2. The predicted octanol–water partition coefficient (Wildman–Crippen LogP) is 2.45. The van der Waals surface area contributed by atoms with E-state index in [2.05, 4.69) is 10.6 Å². The quantitative estimate of drug-likeness (QED) is 0.605. The van der Waals surface area contributed by atoms with Gasteiger partial charge in [-0.1, -0.05) is 0 Å². The van der Waals surface area contributed by atoms with Crippen LogP contribution in [0.1, 0.15) is 42.8 Å². The first-order valence-corrected chi connectivity index (χ1v) is 12.5. The lowest BCUT2D eigenvalue weighted by Gasteiger charge is -2.31. The van der Waals surface area contributed by atoms with Gasteiger partial charge in [0.25, 0.3) is 5.91 Å². The van der Waals surface area contributed by atoms with Crippen LogP contribution < -0.4 is 10.6 Å². The number of sulfonamides is 1. The van der Waals surface area contributed by atoms with Crippen molar-refractivity contribution in [2.45, 2.75) is 50.6 Å². The minimum Gasteiger partial charge on any atom is -0.459 e. The van der Waals surface area contributed by atoms with Gasteiger partial charge in [0, 0.05) is 43.5 Å². The molecule has 180 valence electrons. The Bertz CT molecular complexity index is 1070. The van der Waals surface area contributed by atoms with Gasteiger partial charge in [-0.15, -0.1) is 0 Å². The van der Waals surface area contributed by atoms with Gasteiger partial charge in [-0.05, 0) is 63.9 Å². The van der Waals surface area contributed by atoms with Gasteiger partial charge in [-0.3, -0.25) is 14.5 Å². The summed E-state index contributed by atoms with van der Waals surface area (Å²) in [4.78, 5) is 27.0. The van der Waals surface area contributed by atoms with Crippen LogP contribution in [0.2, 0.25) is 0 Å². The molecule has 33 heavy (non-hydrogen) atoms. The Morgan fingerprint density at radius 3 is 2.33 bits per heavy atom. The molecule has 0 radical (unpaired) electrons. The molecule has 2 amide bonds. The minimum atomic E-state index is -3.56. The highest BCUT2D eigenvalue weighted by atomic mass is 32.2. The van der Waals surface area contributed by atoms with Crippen LogP contribution in [0.4, 0.5) is 5.69 Å². The van der Waals surface area contributed by atoms with Crippen molar-refractivity contribution in [3.63, 3.8) is 0 Å². The Labute approximate surface area is 195 Å². The first kappa shape index (κ1) is 24.9. The molecule has 10 heteroatoms. The molecule has 1 aromatic heterocycles. The van der Waals surface area contributed by atoms with Gasteiger partial charge < -0.3 is 15.1 Å². The molecule has 0 aliphatic carbocycles. The molecule has 1 fully saturated rings. The van der Waals surface area contributed by atoms with Gasteiger partial charge in [-0.25, -0.2) is 8.42 Å². The molecule has 0 atom stereocenters. The summed E-state index contributed by atoms with van der Waals surface area (Å²) in [5.74, 6) is -0.0381. The highest BCUT2D eigenvalue weighted by molar-refractivity contribution is 7.89. The number of benzene rings is 1. The van der Waals surface area contributed by atoms with Gasteiger partial charge in [0.05, 0.1) is 17.7 Å². The lowest BCUT2D eigenvalue weighted by Crippen LogP contribution is -2.46. The van der Waals surface area contributed by atoms with Gasteiger partial charge in [0.1, 0.15) is 0 Å². The monoisotopic (exact) mass is 476 g/mol. The van der Waals surface area contributed by atoms with Crippen LogP contribution in [0.3, 0.4) is 0 Å². The molecule has 1 aliphatic heterocycles. The van der Waals surface area contributed by atoms with Crippen molar-refractivity contribution in [3.05, 3.63) is 47.9 Å². The van der Waals surface area contributed by atoms with Crippen LogP contribution in [0.25, 0.3) is 0 Å². The van der Waals surface area contributed by atoms with E-state index in [-0.39, 0.29) is 35.3 Å². The van der Waals surface area contributed by atoms with Crippen LogP contribution in [0.15, 0.2) is 45.9 Å². The fourth-order valence-corrected chi connectivity index (χ4v) is 5.02. The second-order valence-corrected chi connectivity index (χ2v) is 10.6. The highest BCUT2D eigenvalue weighted by Crippen LogP contribution is 2.19. The second kappa shape index (κ2) is 10.5. The smallest absolute Gasteiger partial charge is 0.287 e. The van der Waals surface area contributed by atoms with Crippen molar-refractivity contribution >= 4 is 27.5 Å². The average molecular weight is 477 g/mol. The number of anilines is 1. The Morgan fingerprint density at radius 2 is 1.79 bits per heavy atom. The maximum atomic E-state index is 12.5. The minimum absolute atomic E-state index is 0.0415. The number of carbonyl (C=O) groups excluding carboxylic acids is 2. The third-order valence-corrected chi connectivity index (χ3v) is 7.95. The Kier molecular flexibility index (Phi) is 7.93. The van der Waals surface area contributed by atoms with Crippen LogP contribution in [-0.4, -0.2) is 68.2 Å². The zero-order chi connectivity index (χ0) is 24.2. The van der Waals surface area contributed by atoms with Crippen LogP contribution in [0.5, 0.6) is 0 Å². The zero-order valence-corrected chi connectivity index (χ0v) is 20.3. The Hall–Kier alpha value is -2.69.